The highest BCUT2D eigenvalue weighted by Gasteiger charge is 2.15. The molecule has 0 aliphatic heterocycles. The highest BCUT2D eigenvalue weighted by molar-refractivity contribution is 6.37. The van der Waals surface area contributed by atoms with Crippen molar-refractivity contribution in [2.24, 2.45) is 0 Å². The number of rotatable bonds is 4. The molecule has 1 N–H and O–H groups in total. The highest BCUT2D eigenvalue weighted by Crippen LogP contribution is 2.41. The van der Waals surface area contributed by atoms with Gasteiger partial charge in [-0.1, -0.05) is 23.2 Å². The summed E-state index contributed by atoms with van der Waals surface area (Å²) in [4.78, 5) is 7.94. The summed E-state index contributed by atoms with van der Waals surface area (Å²) in [6.45, 7) is 9.41. The van der Waals surface area contributed by atoms with Crippen LogP contribution in [-0.2, 0) is 0 Å². The van der Waals surface area contributed by atoms with Crippen LogP contribution >= 0.6 is 23.2 Å². The van der Waals surface area contributed by atoms with Gasteiger partial charge in [0.1, 0.15) is 11.5 Å². The fourth-order valence-corrected chi connectivity index (χ4v) is 3.17. The summed E-state index contributed by atoms with van der Waals surface area (Å²) in [5.41, 5.74) is 3.24. The SMILES string of the molecule is [C-]#[N+]c1cnc2cc(C)c(OC)cc2c1Nc1cc(OC)c(Cl)cc1Cl. The van der Waals surface area contributed by atoms with E-state index in [4.69, 9.17) is 39.2 Å². The Labute approximate surface area is 161 Å². The molecule has 1 heterocycles. The number of hydrogen-bond donors (Lipinski definition) is 1. The predicted octanol–water partition coefficient (Wildman–Crippen LogP) is 6.16. The van der Waals surface area contributed by atoms with E-state index < -0.39 is 0 Å². The van der Waals surface area contributed by atoms with E-state index in [9.17, 15) is 0 Å². The average Bonchev–Trinajstić information content (AvgIpc) is 2.63. The summed E-state index contributed by atoms with van der Waals surface area (Å²) in [6, 6.07) is 7.05. The molecule has 1 aromatic heterocycles. The third-order valence-corrected chi connectivity index (χ3v) is 4.59. The van der Waals surface area contributed by atoms with Crippen molar-refractivity contribution >= 4 is 51.2 Å². The van der Waals surface area contributed by atoms with Gasteiger partial charge in [-0.2, -0.15) is 0 Å². The largest absolute Gasteiger partial charge is 0.496 e. The van der Waals surface area contributed by atoms with Crippen molar-refractivity contribution in [2.45, 2.75) is 6.92 Å². The summed E-state index contributed by atoms with van der Waals surface area (Å²) < 4.78 is 10.7. The van der Waals surface area contributed by atoms with E-state index in [1.54, 1.807) is 19.2 Å². The molecule has 0 radical (unpaired) electrons. The molecule has 0 unspecified atom stereocenters. The molecule has 0 bridgehead atoms. The summed E-state index contributed by atoms with van der Waals surface area (Å²) in [5.74, 6) is 1.19. The third kappa shape index (κ3) is 3.22. The first-order chi connectivity index (χ1) is 12.5. The van der Waals surface area contributed by atoms with Crippen molar-refractivity contribution in [1.29, 1.82) is 0 Å². The van der Waals surface area contributed by atoms with Crippen LogP contribution in [0.5, 0.6) is 11.5 Å². The molecule has 0 saturated heterocycles. The van der Waals surface area contributed by atoms with Crippen molar-refractivity contribution in [3.05, 3.63) is 57.5 Å². The van der Waals surface area contributed by atoms with E-state index in [-0.39, 0.29) is 0 Å². The van der Waals surface area contributed by atoms with Crippen LogP contribution in [-0.4, -0.2) is 19.2 Å². The zero-order chi connectivity index (χ0) is 18.8. The minimum absolute atomic E-state index is 0.369. The molecule has 0 saturated carbocycles. The summed E-state index contributed by atoms with van der Waals surface area (Å²) in [5, 5.41) is 4.80. The van der Waals surface area contributed by atoms with Crippen LogP contribution in [0.25, 0.3) is 15.7 Å². The first kappa shape index (κ1) is 18.1. The number of pyridine rings is 1. The van der Waals surface area contributed by atoms with Gasteiger partial charge in [-0.15, -0.1) is 0 Å². The topological polar surface area (TPSA) is 47.7 Å². The Morgan fingerprint density at radius 2 is 1.77 bits per heavy atom. The van der Waals surface area contributed by atoms with Gasteiger partial charge in [0.25, 0.3) is 0 Å². The number of nitrogens with zero attached hydrogens (tertiary/aromatic N) is 2. The molecule has 132 valence electrons. The lowest BCUT2D eigenvalue weighted by atomic mass is 10.1. The van der Waals surface area contributed by atoms with E-state index in [0.717, 1.165) is 16.5 Å². The maximum absolute atomic E-state index is 7.47. The molecule has 0 aliphatic carbocycles. The molecule has 3 aromatic rings. The Morgan fingerprint density at radius 1 is 1.04 bits per heavy atom. The van der Waals surface area contributed by atoms with E-state index in [0.29, 0.717) is 38.6 Å². The van der Waals surface area contributed by atoms with E-state index in [1.165, 1.54) is 13.3 Å². The molecule has 0 spiro atoms. The van der Waals surface area contributed by atoms with E-state index in [1.807, 2.05) is 19.1 Å². The predicted molar refractivity (Wildman–Crippen MR) is 106 cm³/mol. The molecule has 3 rings (SSSR count). The monoisotopic (exact) mass is 387 g/mol. The second-order valence-corrected chi connectivity index (χ2v) is 6.38. The number of halogens is 2. The van der Waals surface area contributed by atoms with E-state index >= 15 is 0 Å². The van der Waals surface area contributed by atoms with Crippen LogP contribution in [0.2, 0.25) is 10.0 Å². The molecule has 0 amide bonds. The second kappa shape index (κ2) is 7.28. The Hall–Kier alpha value is -2.68. The average molecular weight is 388 g/mol. The highest BCUT2D eigenvalue weighted by atomic mass is 35.5. The summed E-state index contributed by atoms with van der Waals surface area (Å²) >= 11 is 12.4. The van der Waals surface area contributed by atoms with Crippen LogP contribution in [0.3, 0.4) is 0 Å². The summed E-state index contributed by atoms with van der Waals surface area (Å²) in [6.07, 6.45) is 1.53. The number of benzene rings is 2. The van der Waals surface area contributed by atoms with Crippen LogP contribution in [0.4, 0.5) is 17.1 Å². The van der Waals surface area contributed by atoms with Gasteiger partial charge >= 0.3 is 0 Å². The lowest BCUT2D eigenvalue weighted by Crippen LogP contribution is -1.97. The maximum Gasteiger partial charge on any atom is 0.228 e. The fraction of sp³-hybridized carbons (Fsp3) is 0.158. The van der Waals surface area contributed by atoms with Gasteiger partial charge < -0.3 is 14.8 Å². The van der Waals surface area contributed by atoms with Gasteiger partial charge in [-0.05, 0) is 30.7 Å². The van der Waals surface area contributed by atoms with Crippen LogP contribution in [0, 0.1) is 13.5 Å². The lowest BCUT2D eigenvalue weighted by molar-refractivity contribution is 0.412. The van der Waals surface area contributed by atoms with Crippen molar-refractivity contribution in [2.75, 3.05) is 19.5 Å². The van der Waals surface area contributed by atoms with Gasteiger partial charge in [0.05, 0.1) is 47.7 Å². The standard InChI is InChI=1S/C19H15Cl2N3O2/c1-10-5-14-11(6-17(10)25-3)19(16(22-2)9-23-14)24-15-8-18(26-4)13(21)7-12(15)20/h5-9H,1,3-4H3,(H,23,24). The van der Waals surface area contributed by atoms with Crippen molar-refractivity contribution in [3.8, 4) is 11.5 Å². The van der Waals surface area contributed by atoms with Crippen LogP contribution in [0.1, 0.15) is 5.56 Å². The number of methoxy groups -OCH3 is 2. The molecular weight excluding hydrogens is 373 g/mol. The van der Waals surface area contributed by atoms with Crippen LogP contribution < -0.4 is 14.8 Å². The molecule has 5 nitrogen and oxygen atoms in total. The maximum atomic E-state index is 7.47. The first-order valence-electron chi connectivity index (χ1n) is 7.63. The zero-order valence-electron chi connectivity index (χ0n) is 14.4. The minimum atomic E-state index is 0.369. The third-order valence-electron chi connectivity index (χ3n) is 3.99. The lowest BCUT2D eigenvalue weighted by Gasteiger charge is -2.16. The molecule has 26 heavy (non-hydrogen) atoms. The Kier molecular flexibility index (Phi) is 5.08. The number of fused-ring (bicyclic) bond motifs is 1. The quantitative estimate of drug-likeness (QED) is 0.544. The van der Waals surface area contributed by atoms with Crippen LogP contribution in [0.15, 0.2) is 30.5 Å². The molecule has 0 atom stereocenters. The van der Waals surface area contributed by atoms with Crippen molar-refractivity contribution in [1.82, 2.24) is 4.98 Å². The van der Waals surface area contributed by atoms with E-state index in [2.05, 4.69) is 15.1 Å². The van der Waals surface area contributed by atoms with Gasteiger partial charge in [0.15, 0.2) is 0 Å². The number of hydrogen-bond acceptors (Lipinski definition) is 4. The minimum Gasteiger partial charge on any atom is -0.496 e. The Morgan fingerprint density at radius 3 is 2.42 bits per heavy atom. The second-order valence-electron chi connectivity index (χ2n) is 5.56. The number of aromatic nitrogens is 1. The normalized spacial score (nSPS) is 10.5. The molecular formula is C19H15Cl2N3O2. The van der Waals surface area contributed by atoms with Crippen molar-refractivity contribution < 1.29 is 9.47 Å². The fourth-order valence-electron chi connectivity index (χ4n) is 2.67. The number of aryl methyl sites for hydroxylation is 1. The Balaban J connectivity index is 2.22. The zero-order valence-corrected chi connectivity index (χ0v) is 15.9. The smallest absolute Gasteiger partial charge is 0.228 e. The number of nitrogens with one attached hydrogen (secondary N) is 1. The summed E-state index contributed by atoms with van der Waals surface area (Å²) in [7, 11) is 3.13. The Bertz CT molecular complexity index is 1050. The molecule has 0 aliphatic rings. The van der Waals surface area contributed by atoms with Crippen molar-refractivity contribution in [3.63, 3.8) is 0 Å². The van der Waals surface area contributed by atoms with Gasteiger partial charge in [0.2, 0.25) is 5.69 Å². The van der Waals surface area contributed by atoms with Gasteiger partial charge in [0, 0.05) is 17.6 Å². The molecule has 7 heteroatoms. The first-order valence-corrected chi connectivity index (χ1v) is 8.39. The van der Waals surface area contributed by atoms with Gasteiger partial charge in [-0.3, -0.25) is 4.98 Å². The molecule has 0 fully saturated rings. The number of anilines is 2. The van der Waals surface area contributed by atoms with Gasteiger partial charge in [-0.25, -0.2) is 4.85 Å². The molecule has 2 aromatic carbocycles. The number of ether oxygens (including phenoxy) is 2.